The molecule has 0 bridgehead atoms. The van der Waals surface area contributed by atoms with E-state index in [1.807, 2.05) is 32.0 Å². The average molecular weight is 306 g/mol. The van der Waals surface area contributed by atoms with Crippen molar-refractivity contribution < 1.29 is 18.0 Å². The maximum Gasteiger partial charge on any atom is 0.417 e. The largest absolute Gasteiger partial charge is 0.417 e. The van der Waals surface area contributed by atoms with Crippen molar-refractivity contribution in [1.82, 2.24) is 0 Å². The molecule has 0 aliphatic rings. The Morgan fingerprint density at radius 1 is 1.05 bits per heavy atom. The molecule has 0 amide bonds. The Morgan fingerprint density at radius 3 is 2.41 bits per heavy atom. The minimum atomic E-state index is -4.51. The Kier molecular flexibility index (Phi) is 4.69. The van der Waals surface area contributed by atoms with Crippen LogP contribution in [0, 0.1) is 13.8 Å². The minimum absolute atomic E-state index is 0.0669. The Balaban J connectivity index is 2.19. The lowest BCUT2D eigenvalue weighted by atomic mass is 9.96. The Labute approximate surface area is 127 Å². The number of alkyl halides is 3. The van der Waals surface area contributed by atoms with E-state index in [0.717, 1.165) is 22.8 Å². The van der Waals surface area contributed by atoms with Gasteiger partial charge >= 0.3 is 6.18 Å². The highest BCUT2D eigenvalue weighted by Gasteiger charge is 2.34. The fraction of sp³-hybridized carbons (Fsp3) is 0.278. The fourth-order valence-electron chi connectivity index (χ4n) is 2.43. The molecule has 22 heavy (non-hydrogen) atoms. The number of carbonyl (C=O) groups excluding carboxylic acids is 1. The summed E-state index contributed by atoms with van der Waals surface area (Å²) in [6.07, 6.45) is -4.00. The summed E-state index contributed by atoms with van der Waals surface area (Å²) in [7, 11) is 0. The summed E-state index contributed by atoms with van der Waals surface area (Å²) >= 11 is 0. The zero-order valence-corrected chi connectivity index (χ0v) is 12.5. The molecule has 0 saturated heterocycles. The lowest BCUT2D eigenvalue weighted by molar-refractivity contribution is -0.137. The van der Waals surface area contributed by atoms with Gasteiger partial charge in [-0.3, -0.25) is 4.79 Å². The third kappa shape index (κ3) is 3.75. The smallest absolute Gasteiger partial charge is 0.294 e. The van der Waals surface area contributed by atoms with E-state index in [0.29, 0.717) is 6.42 Å². The number of hydrogen-bond acceptors (Lipinski definition) is 1. The number of benzene rings is 2. The third-order valence-corrected chi connectivity index (χ3v) is 3.66. The van der Waals surface area contributed by atoms with Gasteiger partial charge in [0.05, 0.1) is 5.56 Å². The first-order chi connectivity index (χ1) is 10.3. The van der Waals surface area contributed by atoms with Crippen LogP contribution < -0.4 is 0 Å². The van der Waals surface area contributed by atoms with Crippen LogP contribution in [0.15, 0.2) is 42.5 Å². The lowest BCUT2D eigenvalue weighted by Gasteiger charge is -2.12. The third-order valence-electron chi connectivity index (χ3n) is 3.66. The number of ketones is 1. The topological polar surface area (TPSA) is 17.1 Å². The molecule has 0 atom stereocenters. The second-order valence-corrected chi connectivity index (χ2v) is 5.40. The second kappa shape index (κ2) is 6.34. The van der Waals surface area contributed by atoms with Crippen LogP contribution in [0.2, 0.25) is 0 Å². The normalized spacial score (nSPS) is 11.5. The highest BCUT2D eigenvalue weighted by molar-refractivity contribution is 5.97. The van der Waals surface area contributed by atoms with Gasteiger partial charge in [0.1, 0.15) is 0 Å². The molecule has 0 aliphatic heterocycles. The highest BCUT2D eigenvalue weighted by Crippen LogP contribution is 2.32. The lowest BCUT2D eigenvalue weighted by Crippen LogP contribution is -2.13. The van der Waals surface area contributed by atoms with E-state index >= 15 is 0 Å². The molecule has 0 fully saturated rings. The van der Waals surface area contributed by atoms with Crippen molar-refractivity contribution in [2.24, 2.45) is 0 Å². The molecular formula is C18H17F3O. The standard InChI is InChI=1S/C18H17F3O/c1-12-7-8-13(2)14(11-12)9-10-17(22)15-5-3-4-6-16(15)18(19,20)21/h3-8,11H,9-10H2,1-2H3. The monoisotopic (exact) mass is 306 g/mol. The minimum Gasteiger partial charge on any atom is -0.294 e. The Hall–Kier alpha value is -2.10. The van der Waals surface area contributed by atoms with Crippen molar-refractivity contribution >= 4 is 5.78 Å². The van der Waals surface area contributed by atoms with E-state index in [2.05, 4.69) is 0 Å². The van der Waals surface area contributed by atoms with Crippen molar-refractivity contribution in [2.75, 3.05) is 0 Å². The quantitative estimate of drug-likeness (QED) is 0.715. The molecule has 4 heteroatoms. The number of halogens is 3. The van der Waals surface area contributed by atoms with Gasteiger partial charge in [-0.1, -0.05) is 42.0 Å². The predicted octanol–water partition coefficient (Wildman–Crippen LogP) is 5.14. The summed E-state index contributed by atoms with van der Waals surface area (Å²) in [5, 5.41) is 0. The van der Waals surface area contributed by atoms with E-state index in [1.165, 1.54) is 18.2 Å². The molecule has 1 nitrogen and oxygen atoms in total. The molecule has 0 saturated carbocycles. The van der Waals surface area contributed by atoms with E-state index < -0.39 is 17.5 Å². The molecule has 0 heterocycles. The van der Waals surface area contributed by atoms with Crippen LogP contribution in [0.5, 0.6) is 0 Å². The maximum absolute atomic E-state index is 12.9. The van der Waals surface area contributed by atoms with Crippen LogP contribution in [0.3, 0.4) is 0 Å². The summed E-state index contributed by atoms with van der Waals surface area (Å²) in [6, 6.07) is 10.8. The number of hydrogen-bond donors (Lipinski definition) is 0. The molecular weight excluding hydrogens is 289 g/mol. The molecule has 2 aromatic rings. The first-order valence-corrected chi connectivity index (χ1v) is 7.04. The van der Waals surface area contributed by atoms with Crippen molar-refractivity contribution in [2.45, 2.75) is 32.9 Å². The van der Waals surface area contributed by atoms with Gasteiger partial charge in [-0.15, -0.1) is 0 Å². The second-order valence-electron chi connectivity index (χ2n) is 5.40. The van der Waals surface area contributed by atoms with Gasteiger partial charge in [-0.25, -0.2) is 0 Å². The van der Waals surface area contributed by atoms with Crippen molar-refractivity contribution in [3.63, 3.8) is 0 Å². The molecule has 0 spiro atoms. The molecule has 0 N–H and O–H groups in total. The molecule has 0 radical (unpaired) electrons. The van der Waals surface area contributed by atoms with Crippen molar-refractivity contribution in [3.8, 4) is 0 Å². The molecule has 0 unspecified atom stereocenters. The van der Waals surface area contributed by atoms with Crippen molar-refractivity contribution in [3.05, 3.63) is 70.3 Å². The maximum atomic E-state index is 12.9. The first kappa shape index (κ1) is 16.3. The van der Waals surface area contributed by atoms with Gasteiger partial charge in [0, 0.05) is 12.0 Å². The number of rotatable bonds is 4. The van der Waals surface area contributed by atoms with E-state index in [4.69, 9.17) is 0 Å². The molecule has 2 aromatic carbocycles. The molecule has 2 rings (SSSR count). The number of Topliss-reactive ketones (excluding diaryl/α,β-unsaturated/α-hetero) is 1. The van der Waals surface area contributed by atoms with Crippen LogP contribution in [0.1, 0.15) is 39.0 Å². The van der Waals surface area contributed by atoms with E-state index in [1.54, 1.807) is 0 Å². The number of carbonyl (C=O) groups is 1. The fourth-order valence-corrected chi connectivity index (χ4v) is 2.43. The Morgan fingerprint density at radius 2 is 1.73 bits per heavy atom. The summed E-state index contributed by atoms with van der Waals surface area (Å²) in [6.45, 7) is 3.88. The SMILES string of the molecule is Cc1ccc(C)c(CCC(=O)c2ccccc2C(F)(F)F)c1. The highest BCUT2D eigenvalue weighted by atomic mass is 19.4. The summed E-state index contributed by atoms with van der Waals surface area (Å²) in [5.74, 6) is -0.478. The van der Waals surface area contributed by atoms with Gasteiger partial charge in [0.2, 0.25) is 0 Å². The molecule has 0 aliphatic carbocycles. The summed E-state index contributed by atoms with van der Waals surface area (Å²) in [4.78, 5) is 12.2. The molecule has 0 aromatic heterocycles. The van der Waals surface area contributed by atoms with Gasteiger partial charge in [0.25, 0.3) is 0 Å². The van der Waals surface area contributed by atoms with E-state index in [9.17, 15) is 18.0 Å². The predicted molar refractivity (Wildman–Crippen MR) is 80.0 cm³/mol. The van der Waals surface area contributed by atoms with Gasteiger partial charge in [0.15, 0.2) is 5.78 Å². The zero-order chi connectivity index (χ0) is 16.3. The van der Waals surface area contributed by atoms with Gasteiger partial charge in [-0.2, -0.15) is 13.2 Å². The van der Waals surface area contributed by atoms with Crippen LogP contribution in [0.4, 0.5) is 13.2 Å². The van der Waals surface area contributed by atoms with Crippen LogP contribution in [-0.4, -0.2) is 5.78 Å². The average Bonchev–Trinajstić information content (AvgIpc) is 2.47. The summed E-state index contributed by atoms with van der Waals surface area (Å²) < 4.78 is 38.8. The first-order valence-electron chi connectivity index (χ1n) is 7.04. The number of aryl methyl sites for hydroxylation is 3. The van der Waals surface area contributed by atoms with Crippen LogP contribution >= 0.6 is 0 Å². The summed E-state index contributed by atoms with van der Waals surface area (Å²) in [5.41, 5.74) is 2.00. The van der Waals surface area contributed by atoms with Crippen molar-refractivity contribution in [1.29, 1.82) is 0 Å². The zero-order valence-electron chi connectivity index (χ0n) is 12.5. The molecule has 116 valence electrons. The van der Waals surface area contributed by atoms with E-state index in [-0.39, 0.29) is 12.0 Å². The van der Waals surface area contributed by atoms with Crippen LogP contribution in [0.25, 0.3) is 0 Å². The van der Waals surface area contributed by atoms with Crippen LogP contribution in [-0.2, 0) is 12.6 Å². The van der Waals surface area contributed by atoms with Gasteiger partial charge < -0.3 is 0 Å². The Bertz CT molecular complexity index is 687. The van der Waals surface area contributed by atoms with Gasteiger partial charge in [-0.05, 0) is 37.5 Å².